The van der Waals surface area contributed by atoms with Crippen molar-refractivity contribution in [1.82, 2.24) is 9.88 Å². The average molecular weight is 303 g/mol. The third-order valence-electron chi connectivity index (χ3n) is 4.74. The molecule has 22 heavy (non-hydrogen) atoms. The lowest BCUT2D eigenvalue weighted by molar-refractivity contribution is 0.0526. The van der Waals surface area contributed by atoms with Crippen LogP contribution in [0.2, 0.25) is 0 Å². The number of aromatic nitrogens is 1. The molecule has 2 heterocycles. The number of hydrogen-bond donors (Lipinski definition) is 0. The Morgan fingerprint density at radius 3 is 2.55 bits per heavy atom. The molecule has 0 bridgehead atoms. The van der Waals surface area contributed by atoms with Crippen molar-refractivity contribution in [3.05, 3.63) is 23.9 Å². The molecule has 0 unspecified atom stereocenters. The lowest BCUT2D eigenvalue weighted by atomic mass is 10.2. The molecule has 5 heteroatoms. The fourth-order valence-corrected chi connectivity index (χ4v) is 3.49. The fourth-order valence-electron chi connectivity index (χ4n) is 3.49. The quantitative estimate of drug-likeness (QED) is 0.799. The van der Waals surface area contributed by atoms with Gasteiger partial charge in [-0.15, -0.1) is 0 Å². The van der Waals surface area contributed by atoms with E-state index in [2.05, 4.69) is 14.8 Å². The first kappa shape index (κ1) is 15.3. The van der Waals surface area contributed by atoms with Crippen LogP contribution in [0.1, 0.15) is 43.0 Å². The van der Waals surface area contributed by atoms with Crippen LogP contribution in [0.25, 0.3) is 0 Å². The number of carbonyl (C=O) groups is 1. The first-order chi connectivity index (χ1) is 10.8. The van der Waals surface area contributed by atoms with Crippen LogP contribution >= 0.6 is 0 Å². The first-order valence-electron chi connectivity index (χ1n) is 8.40. The molecule has 3 rings (SSSR count). The fraction of sp³-hybridized carbons (Fsp3) is 0.647. The second-order valence-electron chi connectivity index (χ2n) is 6.09. The lowest BCUT2D eigenvalue weighted by Gasteiger charge is -2.38. The SMILES string of the molecule is CCOC(=O)c1ccc(N2CCN(C3CCCC3)CC2)nc1. The number of nitrogens with zero attached hydrogens (tertiary/aromatic N) is 3. The molecule has 0 spiro atoms. The molecule has 0 atom stereocenters. The van der Waals surface area contributed by atoms with Gasteiger partial charge in [0.25, 0.3) is 0 Å². The van der Waals surface area contributed by atoms with Crippen molar-refractivity contribution in [3.63, 3.8) is 0 Å². The van der Waals surface area contributed by atoms with Gasteiger partial charge in [-0.3, -0.25) is 4.90 Å². The van der Waals surface area contributed by atoms with E-state index in [1.165, 1.54) is 25.7 Å². The Balaban J connectivity index is 1.55. The molecule has 1 saturated heterocycles. The van der Waals surface area contributed by atoms with E-state index in [9.17, 15) is 4.79 Å². The van der Waals surface area contributed by atoms with Crippen molar-refractivity contribution >= 4 is 11.8 Å². The highest BCUT2D eigenvalue weighted by atomic mass is 16.5. The Kier molecular flexibility index (Phi) is 4.93. The number of ether oxygens (including phenoxy) is 1. The van der Waals surface area contributed by atoms with Crippen LogP contribution < -0.4 is 4.90 Å². The Hall–Kier alpha value is -1.62. The molecule has 1 saturated carbocycles. The number of anilines is 1. The Labute approximate surface area is 132 Å². The van der Waals surface area contributed by atoms with Gasteiger partial charge in [-0.2, -0.15) is 0 Å². The van der Waals surface area contributed by atoms with Crippen molar-refractivity contribution in [2.24, 2.45) is 0 Å². The smallest absolute Gasteiger partial charge is 0.339 e. The maximum Gasteiger partial charge on any atom is 0.339 e. The zero-order valence-electron chi connectivity index (χ0n) is 13.3. The number of pyridine rings is 1. The minimum Gasteiger partial charge on any atom is -0.462 e. The van der Waals surface area contributed by atoms with Crippen molar-refractivity contribution in [1.29, 1.82) is 0 Å². The zero-order valence-corrected chi connectivity index (χ0v) is 13.3. The number of carbonyl (C=O) groups excluding carboxylic acids is 1. The molecule has 5 nitrogen and oxygen atoms in total. The van der Waals surface area contributed by atoms with E-state index in [4.69, 9.17) is 4.74 Å². The molecule has 0 amide bonds. The van der Waals surface area contributed by atoms with Gasteiger partial charge in [0.1, 0.15) is 5.82 Å². The molecule has 2 fully saturated rings. The van der Waals surface area contributed by atoms with E-state index in [0.717, 1.165) is 38.0 Å². The molecule has 1 aliphatic heterocycles. The van der Waals surface area contributed by atoms with Crippen LogP contribution in [-0.4, -0.2) is 54.7 Å². The maximum absolute atomic E-state index is 11.6. The van der Waals surface area contributed by atoms with Gasteiger partial charge in [0, 0.05) is 38.4 Å². The van der Waals surface area contributed by atoms with Gasteiger partial charge < -0.3 is 9.64 Å². The summed E-state index contributed by atoms with van der Waals surface area (Å²) in [5.74, 6) is 0.659. The van der Waals surface area contributed by atoms with E-state index >= 15 is 0 Å². The topological polar surface area (TPSA) is 45.7 Å². The molecule has 0 aromatic carbocycles. The average Bonchev–Trinajstić information content (AvgIpc) is 3.10. The number of piperazine rings is 1. The van der Waals surface area contributed by atoms with Crippen molar-refractivity contribution in [3.8, 4) is 0 Å². The van der Waals surface area contributed by atoms with E-state index in [-0.39, 0.29) is 5.97 Å². The third-order valence-corrected chi connectivity index (χ3v) is 4.74. The van der Waals surface area contributed by atoms with Crippen molar-refractivity contribution < 1.29 is 9.53 Å². The first-order valence-corrected chi connectivity index (χ1v) is 8.40. The van der Waals surface area contributed by atoms with Gasteiger partial charge in [-0.25, -0.2) is 9.78 Å². The second kappa shape index (κ2) is 7.09. The maximum atomic E-state index is 11.6. The Bertz CT molecular complexity index is 489. The molecule has 2 aliphatic rings. The Morgan fingerprint density at radius 2 is 1.95 bits per heavy atom. The molecule has 0 N–H and O–H groups in total. The zero-order chi connectivity index (χ0) is 15.4. The summed E-state index contributed by atoms with van der Waals surface area (Å²) in [6.45, 7) is 6.47. The van der Waals surface area contributed by atoms with Crippen LogP contribution in [-0.2, 0) is 4.74 Å². The number of hydrogen-bond acceptors (Lipinski definition) is 5. The normalized spacial score (nSPS) is 20.3. The van der Waals surface area contributed by atoms with Gasteiger partial charge in [-0.1, -0.05) is 12.8 Å². The summed E-state index contributed by atoms with van der Waals surface area (Å²) in [7, 11) is 0. The van der Waals surface area contributed by atoms with Gasteiger partial charge in [0.2, 0.25) is 0 Å². The molecule has 1 aliphatic carbocycles. The predicted octanol–water partition coefficient (Wildman–Crippen LogP) is 2.32. The minimum atomic E-state index is -0.299. The minimum absolute atomic E-state index is 0.299. The van der Waals surface area contributed by atoms with E-state index in [1.807, 2.05) is 19.1 Å². The number of esters is 1. The number of rotatable bonds is 4. The summed E-state index contributed by atoms with van der Waals surface area (Å²) in [6.07, 6.45) is 7.14. The molecular weight excluding hydrogens is 278 g/mol. The standard InChI is InChI=1S/C17H25N3O2/c1-2-22-17(21)14-7-8-16(18-13-14)20-11-9-19(10-12-20)15-5-3-4-6-15/h7-8,13,15H,2-6,9-12H2,1H3. The van der Waals surface area contributed by atoms with Gasteiger partial charge in [-0.05, 0) is 31.9 Å². The monoisotopic (exact) mass is 303 g/mol. The third kappa shape index (κ3) is 3.40. The molecule has 120 valence electrons. The van der Waals surface area contributed by atoms with Gasteiger partial charge in [0.15, 0.2) is 0 Å². The van der Waals surface area contributed by atoms with Crippen molar-refractivity contribution in [2.45, 2.75) is 38.6 Å². The Morgan fingerprint density at radius 1 is 1.23 bits per heavy atom. The highest BCUT2D eigenvalue weighted by Crippen LogP contribution is 2.25. The largest absolute Gasteiger partial charge is 0.462 e. The summed E-state index contributed by atoms with van der Waals surface area (Å²) in [4.78, 5) is 21.0. The molecule has 1 aromatic heterocycles. The molecule has 1 aromatic rings. The lowest BCUT2D eigenvalue weighted by Crippen LogP contribution is -2.50. The summed E-state index contributed by atoms with van der Waals surface area (Å²) >= 11 is 0. The summed E-state index contributed by atoms with van der Waals surface area (Å²) in [6, 6.07) is 4.54. The van der Waals surface area contributed by atoms with Crippen LogP contribution in [0.15, 0.2) is 18.3 Å². The van der Waals surface area contributed by atoms with E-state index in [1.54, 1.807) is 6.20 Å². The van der Waals surface area contributed by atoms with Crippen molar-refractivity contribution in [2.75, 3.05) is 37.7 Å². The second-order valence-corrected chi connectivity index (χ2v) is 6.09. The van der Waals surface area contributed by atoms with E-state index in [0.29, 0.717) is 12.2 Å². The summed E-state index contributed by atoms with van der Waals surface area (Å²) in [5, 5.41) is 0. The highest BCUT2D eigenvalue weighted by Gasteiger charge is 2.26. The van der Waals surface area contributed by atoms with Gasteiger partial charge >= 0.3 is 5.97 Å². The van der Waals surface area contributed by atoms with Crippen LogP contribution in [0.3, 0.4) is 0 Å². The summed E-state index contributed by atoms with van der Waals surface area (Å²) < 4.78 is 4.99. The van der Waals surface area contributed by atoms with Crippen LogP contribution in [0.4, 0.5) is 5.82 Å². The van der Waals surface area contributed by atoms with Crippen LogP contribution in [0.5, 0.6) is 0 Å². The molecular formula is C17H25N3O2. The van der Waals surface area contributed by atoms with Gasteiger partial charge in [0.05, 0.1) is 12.2 Å². The highest BCUT2D eigenvalue weighted by molar-refractivity contribution is 5.89. The molecule has 0 radical (unpaired) electrons. The van der Waals surface area contributed by atoms with Crippen LogP contribution in [0, 0.1) is 0 Å². The van der Waals surface area contributed by atoms with E-state index < -0.39 is 0 Å². The summed E-state index contributed by atoms with van der Waals surface area (Å²) in [5.41, 5.74) is 0.523. The predicted molar refractivity (Wildman–Crippen MR) is 86.2 cm³/mol.